The Balaban J connectivity index is 1.20. The predicted octanol–water partition coefficient (Wildman–Crippen LogP) is 2.30. The first-order valence-electron chi connectivity index (χ1n) is 11.6. The van der Waals surface area contributed by atoms with Crippen LogP contribution >= 0.6 is 0 Å². The summed E-state index contributed by atoms with van der Waals surface area (Å²) in [7, 11) is 0. The zero-order valence-electron chi connectivity index (χ0n) is 18.6. The van der Waals surface area contributed by atoms with Crippen LogP contribution in [0.5, 0.6) is 0 Å². The van der Waals surface area contributed by atoms with E-state index in [1.807, 2.05) is 15.9 Å². The van der Waals surface area contributed by atoms with Crippen molar-refractivity contribution < 1.29 is 14.3 Å². The van der Waals surface area contributed by atoms with Gasteiger partial charge < -0.3 is 15.0 Å². The van der Waals surface area contributed by atoms with Crippen LogP contribution in [0.15, 0.2) is 54.9 Å². The summed E-state index contributed by atoms with van der Waals surface area (Å²) in [6.07, 6.45) is 6.09. The van der Waals surface area contributed by atoms with Gasteiger partial charge in [-0.05, 0) is 30.7 Å². The molecule has 1 aromatic carbocycles. The first-order chi connectivity index (χ1) is 15.6. The average molecular weight is 437 g/mol. The highest BCUT2D eigenvalue weighted by Gasteiger charge is 2.27. The number of amides is 2. The summed E-state index contributed by atoms with van der Waals surface area (Å²) >= 11 is 0. The lowest BCUT2D eigenvalue weighted by molar-refractivity contribution is -0.605. The maximum absolute atomic E-state index is 12.8. The number of carbonyl (C=O) groups excluding carboxylic acids is 2. The van der Waals surface area contributed by atoms with Crippen molar-refractivity contribution in [3.8, 4) is 0 Å². The van der Waals surface area contributed by atoms with Crippen LogP contribution in [0.25, 0.3) is 0 Å². The topological polar surface area (TPSA) is 70.8 Å². The van der Waals surface area contributed by atoms with Crippen LogP contribution in [-0.2, 0) is 11.3 Å². The fourth-order valence-electron chi connectivity index (χ4n) is 4.71. The minimum absolute atomic E-state index is 0.0313. The highest BCUT2D eigenvalue weighted by molar-refractivity contribution is 5.94. The molecule has 4 rings (SSSR count). The Bertz CT molecular complexity index is 895. The quantitative estimate of drug-likeness (QED) is 0.515. The molecule has 2 aliphatic rings. The van der Waals surface area contributed by atoms with Gasteiger partial charge in [-0.2, -0.15) is 4.73 Å². The van der Waals surface area contributed by atoms with Gasteiger partial charge in [-0.25, -0.2) is 0 Å². The second-order valence-electron chi connectivity index (χ2n) is 8.89. The molecule has 2 amide bonds. The molecule has 3 heterocycles. The molecule has 2 aliphatic heterocycles. The second kappa shape index (κ2) is 10.6. The van der Waals surface area contributed by atoms with Gasteiger partial charge in [0, 0.05) is 64.4 Å². The molecule has 0 spiro atoms. The lowest BCUT2D eigenvalue weighted by Crippen LogP contribution is -2.48. The molecule has 0 aliphatic carbocycles. The van der Waals surface area contributed by atoms with Crippen molar-refractivity contribution in [3.05, 3.63) is 71.2 Å². The van der Waals surface area contributed by atoms with Gasteiger partial charge in [0.25, 0.3) is 5.91 Å². The molecule has 1 unspecified atom stereocenters. The van der Waals surface area contributed by atoms with Gasteiger partial charge in [-0.3, -0.25) is 14.5 Å². The van der Waals surface area contributed by atoms with E-state index in [1.165, 1.54) is 18.0 Å². The van der Waals surface area contributed by atoms with Crippen LogP contribution in [0, 0.1) is 11.1 Å². The molecule has 0 N–H and O–H groups in total. The number of benzene rings is 1. The SMILES string of the molecule is O=C(CCC1CCCN(C(=O)c2cc[n+]([O-])cc2)C1)N1CCN(Cc2ccccc2)CC1. The van der Waals surface area contributed by atoms with E-state index >= 15 is 0 Å². The number of piperidine rings is 1. The van der Waals surface area contributed by atoms with E-state index in [1.54, 1.807) is 12.1 Å². The molecule has 170 valence electrons. The van der Waals surface area contributed by atoms with Crippen molar-refractivity contribution in [2.45, 2.75) is 32.2 Å². The zero-order chi connectivity index (χ0) is 22.3. The summed E-state index contributed by atoms with van der Waals surface area (Å²) < 4.78 is 0.683. The van der Waals surface area contributed by atoms with Crippen molar-refractivity contribution >= 4 is 11.8 Å². The molecule has 0 radical (unpaired) electrons. The normalized spacial score (nSPS) is 19.7. The van der Waals surface area contributed by atoms with Crippen LogP contribution in [0.2, 0.25) is 0 Å². The van der Waals surface area contributed by atoms with Crippen molar-refractivity contribution in [1.82, 2.24) is 14.7 Å². The van der Waals surface area contributed by atoms with Gasteiger partial charge >= 0.3 is 0 Å². The van der Waals surface area contributed by atoms with Crippen molar-refractivity contribution in [2.24, 2.45) is 5.92 Å². The second-order valence-corrected chi connectivity index (χ2v) is 8.89. The summed E-state index contributed by atoms with van der Waals surface area (Å²) in [6.45, 7) is 5.75. The van der Waals surface area contributed by atoms with Crippen molar-refractivity contribution in [3.63, 3.8) is 0 Å². The number of rotatable bonds is 6. The molecule has 0 bridgehead atoms. The monoisotopic (exact) mass is 436 g/mol. The molecule has 1 aromatic heterocycles. The zero-order valence-corrected chi connectivity index (χ0v) is 18.6. The Morgan fingerprint density at radius 2 is 1.66 bits per heavy atom. The Kier molecular flexibility index (Phi) is 7.37. The number of piperazine rings is 1. The number of carbonyl (C=O) groups is 2. The van der Waals surface area contributed by atoms with Gasteiger partial charge in [0.1, 0.15) is 0 Å². The van der Waals surface area contributed by atoms with Crippen molar-refractivity contribution in [1.29, 1.82) is 0 Å². The minimum atomic E-state index is -0.0313. The number of hydrogen-bond acceptors (Lipinski definition) is 4. The number of pyridine rings is 1. The largest absolute Gasteiger partial charge is 0.619 e. The minimum Gasteiger partial charge on any atom is -0.619 e. The Labute approximate surface area is 189 Å². The third kappa shape index (κ3) is 5.85. The van der Waals surface area contributed by atoms with E-state index in [-0.39, 0.29) is 11.8 Å². The molecule has 2 aromatic rings. The van der Waals surface area contributed by atoms with E-state index in [2.05, 4.69) is 29.2 Å². The molecule has 32 heavy (non-hydrogen) atoms. The Morgan fingerprint density at radius 1 is 0.938 bits per heavy atom. The average Bonchev–Trinajstić information content (AvgIpc) is 2.84. The standard InChI is InChI=1S/C25H32N4O3/c30-24(27-17-15-26(16-18-27)19-21-5-2-1-3-6-21)9-8-22-7-4-12-28(20-22)25(31)23-10-13-29(32)14-11-23/h1-3,5-6,10-11,13-14,22H,4,7-9,12,15-20H2. The van der Waals surface area contributed by atoms with E-state index < -0.39 is 0 Å². The number of hydrogen-bond donors (Lipinski definition) is 0. The van der Waals surface area contributed by atoms with Gasteiger partial charge in [-0.15, -0.1) is 0 Å². The van der Waals surface area contributed by atoms with E-state index in [0.29, 0.717) is 29.2 Å². The molecule has 2 saturated heterocycles. The smallest absolute Gasteiger partial charge is 0.254 e. The fraction of sp³-hybridized carbons (Fsp3) is 0.480. The molecule has 7 nitrogen and oxygen atoms in total. The number of nitrogens with zero attached hydrogens (tertiary/aromatic N) is 4. The summed E-state index contributed by atoms with van der Waals surface area (Å²) in [4.78, 5) is 31.8. The molecule has 1 atom stereocenters. The summed E-state index contributed by atoms with van der Waals surface area (Å²) in [5.41, 5.74) is 1.86. The highest BCUT2D eigenvalue weighted by atomic mass is 16.5. The van der Waals surface area contributed by atoms with E-state index in [0.717, 1.165) is 58.5 Å². The predicted molar refractivity (Wildman–Crippen MR) is 122 cm³/mol. The van der Waals surface area contributed by atoms with Gasteiger partial charge in [0.15, 0.2) is 12.4 Å². The van der Waals surface area contributed by atoms with Crippen LogP contribution < -0.4 is 4.73 Å². The molecule has 0 saturated carbocycles. The van der Waals surface area contributed by atoms with E-state index in [9.17, 15) is 14.8 Å². The first-order valence-corrected chi connectivity index (χ1v) is 11.6. The third-order valence-electron chi connectivity index (χ3n) is 6.60. The lowest BCUT2D eigenvalue weighted by Gasteiger charge is -2.36. The summed E-state index contributed by atoms with van der Waals surface area (Å²) in [5.74, 6) is 0.552. The number of likely N-dealkylation sites (tertiary alicyclic amines) is 1. The molecule has 7 heteroatoms. The fourth-order valence-corrected chi connectivity index (χ4v) is 4.71. The summed E-state index contributed by atoms with van der Waals surface area (Å²) in [5, 5.41) is 11.2. The van der Waals surface area contributed by atoms with E-state index in [4.69, 9.17) is 0 Å². The van der Waals surface area contributed by atoms with Gasteiger partial charge in [0.05, 0.1) is 5.56 Å². The van der Waals surface area contributed by atoms with Crippen LogP contribution in [0.3, 0.4) is 0 Å². The van der Waals surface area contributed by atoms with Crippen LogP contribution in [0.4, 0.5) is 0 Å². The highest BCUT2D eigenvalue weighted by Crippen LogP contribution is 2.23. The maximum Gasteiger partial charge on any atom is 0.254 e. The van der Waals surface area contributed by atoms with Crippen molar-refractivity contribution in [2.75, 3.05) is 39.3 Å². The Hall–Kier alpha value is -2.93. The van der Waals surface area contributed by atoms with Crippen LogP contribution in [0.1, 0.15) is 41.6 Å². The lowest BCUT2D eigenvalue weighted by atomic mass is 9.92. The molecule has 2 fully saturated rings. The van der Waals surface area contributed by atoms with Crippen LogP contribution in [-0.4, -0.2) is 65.8 Å². The number of aromatic nitrogens is 1. The van der Waals surface area contributed by atoms with Gasteiger partial charge in [0.2, 0.25) is 5.91 Å². The summed E-state index contributed by atoms with van der Waals surface area (Å²) in [6, 6.07) is 13.6. The molecular weight excluding hydrogens is 404 g/mol. The first kappa shape index (κ1) is 22.3. The van der Waals surface area contributed by atoms with Gasteiger partial charge in [-0.1, -0.05) is 30.3 Å². The third-order valence-corrected chi connectivity index (χ3v) is 6.60. The molecular formula is C25H32N4O3. The Morgan fingerprint density at radius 3 is 2.38 bits per heavy atom. The maximum atomic E-state index is 12.8.